The highest BCUT2D eigenvalue weighted by Gasteiger charge is 1.95. The van der Waals surface area contributed by atoms with Crippen LogP contribution in [0.1, 0.15) is 0 Å². The van der Waals surface area contributed by atoms with E-state index < -0.39 is 0 Å². The Kier molecular flexibility index (Phi) is 2.03. The molecular formula is C7H5IN4. The average Bonchev–Trinajstić information content (AvgIpc) is 2.58. The van der Waals surface area contributed by atoms with Crippen LogP contribution in [-0.4, -0.2) is 20.2 Å². The van der Waals surface area contributed by atoms with Gasteiger partial charge in [-0.15, -0.1) is 15.0 Å². The van der Waals surface area contributed by atoms with E-state index in [1.165, 1.54) is 14.7 Å². The van der Waals surface area contributed by atoms with Crippen LogP contribution >= 0.6 is 22.6 Å². The van der Waals surface area contributed by atoms with Gasteiger partial charge in [0.1, 0.15) is 0 Å². The van der Waals surface area contributed by atoms with E-state index in [4.69, 9.17) is 0 Å². The van der Waals surface area contributed by atoms with Gasteiger partial charge in [-0.2, -0.15) is 0 Å². The first kappa shape index (κ1) is 7.66. The molecule has 0 fully saturated rings. The fraction of sp³-hybridized carbons (Fsp3) is 0. The first-order valence-electron chi connectivity index (χ1n) is 3.35. The molecule has 0 saturated heterocycles. The van der Waals surface area contributed by atoms with Gasteiger partial charge in [-0.1, -0.05) is 0 Å². The molecule has 0 N–H and O–H groups in total. The minimum absolute atomic E-state index is 0.924. The topological polar surface area (TPSA) is 43.6 Å². The Morgan fingerprint density at radius 2 is 1.92 bits per heavy atom. The maximum Gasteiger partial charge on any atom is 0.162 e. The Labute approximate surface area is 82.7 Å². The molecule has 0 saturated carbocycles. The molecule has 1 aromatic carbocycles. The van der Waals surface area contributed by atoms with Gasteiger partial charge in [0.2, 0.25) is 0 Å². The van der Waals surface area contributed by atoms with Crippen molar-refractivity contribution in [2.45, 2.75) is 0 Å². The van der Waals surface area contributed by atoms with Crippen LogP contribution in [0.3, 0.4) is 0 Å². The number of aromatic nitrogens is 4. The Balaban J connectivity index is 2.43. The molecule has 0 radical (unpaired) electrons. The Hall–Kier alpha value is -0.980. The third-order valence-corrected chi connectivity index (χ3v) is 2.13. The second kappa shape index (κ2) is 3.18. The molecular weight excluding hydrogens is 267 g/mol. The molecule has 12 heavy (non-hydrogen) atoms. The Bertz CT molecular complexity index is 353. The number of benzene rings is 1. The summed E-state index contributed by atoms with van der Waals surface area (Å²) in [4.78, 5) is 1.48. The smallest absolute Gasteiger partial charge is 0.135 e. The lowest BCUT2D eigenvalue weighted by molar-refractivity contribution is 0.719. The van der Waals surface area contributed by atoms with E-state index in [9.17, 15) is 0 Å². The van der Waals surface area contributed by atoms with Gasteiger partial charge >= 0.3 is 0 Å². The first-order chi connectivity index (χ1) is 5.86. The number of hydrogen-bond acceptors (Lipinski definition) is 3. The zero-order chi connectivity index (χ0) is 8.39. The predicted octanol–water partition coefficient (Wildman–Crippen LogP) is 1.27. The van der Waals surface area contributed by atoms with Crippen LogP contribution in [-0.2, 0) is 0 Å². The molecule has 0 aliphatic heterocycles. The van der Waals surface area contributed by atoms with Gasteiger partial charge in [0.05, 0.1) is 5.69 Å². The molecule has 4 nitrogen and oxygen atoms in total. The first-order valence-corrected chi connectivity index (χ1v) is 4.43. The van der Waals surface area contributed by atoms with Crippen LogP contribution < -0.4 is 0 Å². The Morgan fingerprint density at radius 1 is 1.17 bits per heavy atom. The number of halogens is 1. The molecule has 1 heterocycles. The van der Waals surface area contributed by atoms with Crippen molar-refractivity contribution >= 4 is 22.6 Å². The van der Waals surface area contributed by atoms with Gasteiger partial charge in [0, 0.05) is 3.57 Å². The SMILES string of the molecule is Ic1ccc(-n2ncnn2)cc1. The fourth-order valence-electron chi connectivity index (χ4n) is 0.860. The van der Waals surface area contributed by atoms with E-state index in [0.29, 0.717) is 0 Å². The summed E-state index contributed by atoms with van der Waals surface area (Å²) in [7, 11) is 0. The van der Waals surface area contributed by atoms with Crippen LogP contribution in [0.4, 0.5) is 0 Å². The second-order valence-electron chi connectivity index (χ2n) is 2.20. The average molecular weight is 272 g/mol. The number of hydrogen-bond donors (Lipinski definition) is 0. The van der Waals surface area contributed by atoms with E-state index in [0.717, 1.165) is 5.69 Å². The second-order valence-corrected chi connectivity index (χ2v) is 3.45. The van der Waals surface area contributed by atoms with E-state index in [1.807, 2.05) is 24.3 Å². The monoisotopic (exact) mass is 272 g/mol. The largest absolute Gasteiger partial charge is 0.162 e. The van der Waals surface area contributed by atoms with Crippen LogP contribution in [0.2, 0.25) is 0 Å². The number of tetrazole rings is 1. The summed E-state index contributed by atoms with van der Waals surface area (Å²) < 4.78 is 1.19. The summed E-state index contributed by atoms with van der Waals surface area (Å²) in [5.74, 6) is 0. The molecule has 0 aliphatic carbocycles. The lowest BCUT2D eigenvalue weighted by Crippen LogP contribution is -1.98. The highest BCUT2D eigenvalue weighted by atomic mass is 127. The van der Waals surface area contributed by atoms with Crippen LogP contribution in [0.25, 0.3) is 5.69 Å². The molecule has 0 aliphatic rings. The molecule has 1 aromatic heterocycles. The minimum Gasteiger partial charge on any atom is -0.135 e. The quantitative estimate of drug-likeness (QED) is 0.734. The summed E-state index contributed by atoms with van der Waals surface area (Å²) in [5.41, 5.74) is 0.924. The van der Waals surface area contributed by atoms with Gasteiger partial charge in [-0.05, 0) is 52.1 Å². The van der Waals surface area contributed by atoms with Gasteiger partial charge in [0.25, 0.3) is 0 Å². The van der Waals surface area contributed by atoms with Crippen molar-refractivity contribution in [2.75, 3.05) is 0 Å². The lowest BCUT2D eigenvalue weighted by atomic mass is 10.3. The van der Waals surface area contributed by atoms with Gasteiger partial charge < -0.3 is 0 Å². The number of rotatable bonds is 1. The molecule has 0 atom stereocenters. The van der Waals surface area contributed by atoms with Crippen molar-refractivity contribution in [1.82, 2.24) is 20.2 Å². The summed E-state index contributed by atoms with van der Waals surface area (Å²) in [6, 6.07) is 7.89. The summed E-state index contributed by atoms with van der Waals surface area (Å²) >= 11 is 2.25. The molecule has 2 rings (SSSR count). The van der Waals surface area contributed by atoms with Crippen molar-refractivity contribution in [3.63, 3.8) is 0 Å². The summed E-state index contributed by atoms with van der Waals surface area (Å²) in [6.45, 7) is 0. The molecule has 60 valence electrons. The van der Waals surface area contributed by atoms with Gasteiger partial charge in [-0.3, -0.25) is 0 Å². The normalized spacial score (nSPS) is 10.1. The molecule has 0 amide bonds. The van der Waals surface area contributed by atoms with Crippen LogP contribution in [0.15, 0.2) is 30.6 Å². The summed E-state index contributed by atoms with van der Waals surface area (Å²) in [5, 5.41) is 11.3. The minimum atomic E-state index is 0.924. The summed E-state index contributed by atoms with van der Waals surface area (Å²) in [6.07, 6.45) is 1.41. The zero-order valence-electron chi connectivity index (χ0n) is 6.05. The zero-order valence-corrected chi connectivity index (χ0v) is 8.21. The third kappa shape index (κ3) is 1.45. The predicted molar refractivity (Wildman–Crippen MR) is 51.9 cm³/mol. The van der Waals surface area contributed by atoms with E-state index >= 15 is 0 Å². The fourth-order valence-corrected chi connectivity index (χ4v) is 1.22. The van der Waals surface area contributed by atoms with Crippen molar-refractivity contribution < 1.29 is 0 Å². The van der Waals surface area contributed by atoms with E-state index in [2.05, 4.69) is 38.0 Å². The maximum atomic E-state index is 3.91. The van der Waals surface area contributed by atoms with Crippen molar-refractivity contribution in [3.05, 3.63) is 34.2 Å². The molecule has 2 aromatic rings. The van der Waals surface area contributed by atoms with Crippen molar-refractivity contribution in [1.29, 1.82) is 0 Å². The van der Waals surface area contributed by atoms with Crippen molar-refractivity contribution in [3.8, 4) is 5.69 Å². The number of nitrogens with zero attached hydrogens (tertiary/aromatic N) is 4. The van der Waals surface area contributed by atoms with Gasteiger partial charge in [0.15, 0.2) is 6.33 Å². The Morgan fingerprint density at radius 3 is 2.50 bits per heavy atom. The molecule has 0 bridgehead atoms. The lowest BCUT2D eigenvalue weighted by Gasteiger charge is -1.96. The van der Waals surface area contributed by atoms with E-state index in [1.54, 1.807) is 0 Å². The van der Waals surface area contributed by atoms with Gasteiger partial charge in [-0.25, -0.2) is 0 Å². The maximum absolute atomic E-state index is 3.91. The highest BCUT2D eigenvalue weighted by molar-refractivity contribution is 14.1. The molecule has 5 heteroatoms. The standard InChI is InChI=1S/C7H5IN4/c8-6-1-3-7(4-2-6)12-10-5-9-11-12/h1-5H. The molecule has 0 unspecified atom stereocenters. The van der Waals surface area contributed by atoms with Crippen molar-refractivity contribution in [2.24, 2.45) is 0 Å². The van der Waals surface area contributed by atoms with Crippen LogP contribution in [0.5, 0.6) is 0 Å². The van der Waals surface area contributed by atoms with Crippen LogP contribution in [0, 0.1) is 3.57 Å². The van der Waals surface area contributed by atoms with E-state index in [-0.39, 0.29) is 0 Å². The molecule has 0 spiro atoms. The third-order valence-electron chi connectivity index (χ3n) is 1.41. The highest BCUT2D eigenvalue weighted by Crippen LogP contribution is 2.08.